The molecule has 28 heavy (non-hydrogen) atoms. The fourth-order valence-electron chi connectivity index (χ4n) is 8.62. The molecular weight excluding hydrogens is 340 g/mol. The van der Waals surface area contributed by atoms with Crippen LogP contribution in [0.25, 0.3) is 0 Å². The topological polar surface area (TPSA) is 20.2 Å². The molecule has 10 atom stereocenters. The van der Waals surface area contributed by atoms with E-state index in [1.165, 1.54) is 44.9 Å². The molecule has 0 spiro atoms. The summed E-state index contributed by atoms with van der Waals surface area (Å²) in [7, 11) is 0. The van der Waals surface area contributed by atoms with Crippen LogP contribution in [-0.2, 0) is 0 Å². The van der Waals surface area contributed by atoms with Crippen molar-refractivity contribution in [2.45, 2.75) is 91.6 Å². The van der Waals surface area contributed by atoms with Crippen LogP contribution < -0.4 is 0 Å². The first kappa shape index (κ1) is 19.4. The van der Waals surface area contributed by atoms with Crippen molar-refractivity contribution in [2.24, 2.45) is 52.3 Å². The second-order valence-electron chi connectivity index (χ2n) is 12.0. The third-order valence-corrected chi connectivity index (χ3v) is 10.6. The Bertz CT molecular complexity index is 676. The SMILES string of the molecule is CC1CC1/C=C/[C@@H](C)C1CCC2C3CC=C4CC(O)CCC4(C)C3CCC21C. The molecule has 0 aromatic heterocycles. The van der Waals surface area contributed by atoms with Crippen LogP contribution in [0.2, 0.25) is 0 Å². The highest BCUT2D eigenvalue weighted by molar-refractivity contribution is 5.25. The van der Waals surface area contributed by atoms with Gasteiger partial charge >= 0.3 is 0 Å². The molecule has 1 nitrogen and oxygen atoms in total. The van der Waals surface area contributed by atoms with Gasteiger partial charge in [0.1, 0.15) is 0 Å². The summed E-state index contributed by atoms with van der Waals surface area (Å²) in [6, 6.07) is 0. The number of allylic oxidation sites excluding steroid dienone is 3. The highest BCUT2D eigenvalue weighted by Gasteiger charge is 2.59. The Labute approximate surface area is 173 Å². The minimum absolute atomic E-state index is 0.0811. The Balaban J connectivity index is 1.36. The van der Waals surface area contributed by atoms with Gasteiger partial charge in [-0.25, -0.2) is 0 Å². The Morgan fingerprint density at radius 2 is 1.89 bits per heavy atom. The third kappa shape index (κ3) is 2.90. The second-order valence-corrected chi connectivity index (χ2v) is 12.0. The molecule has 4 saturated carbocycles. The van der Waals surface area contributed by atoms with Crippen LogP contribution in [-0.4, -0.2) is 11.2 Å². The number of aliphatic hydroxyl groups is 1. The lowest BCUT2D eigenvalue weighted by Gasteiger charge is -2.58. The largest absolute Gasteiger partial charge is 0.393 e. The van der Waals surface area contributed by atoms with Gasteiger partial charge < -0.3 is 5.11 Å². The van der Waals surface area contributed by atoms with Crippen molar-refractivity contribution in [3.63, 3.8) is 0 Å². The molecule has 0 saturated heterocycles. The van der Waals surface area contributed by atoms with Crippen molar-refractivity contribution in [2.75, 3.05) is 0 Å². The highest BCUT2D eigenvalue weighted by atomic mass is 16.3. The first-order valence-electron chi connectivity index (χ1n) is 12.4. The van der Waals surface area contributed by atoms with Crippen LogP contribution in [0, 0.1) is 52.3 Å². The maximum absolute atomic E-state index is 10.2. The van der Waals surface area contributed by atoms with Crippen LogP contribution >= 0.6 is 0 Å². The molecule has 1 N–H and O–H groups in total. The summed E-state index contributed by atoms with van der Waals surface area (Å²) in [5.41, 5.74) is 2.55. The van der Waals surface area contributed by atoms with E-state index in [1.807, 2.05) is 0 Å². The van der Waals surface area contributed by atoms with Crippen molar-refractivity contribution in [3.05, 3.63) is 23.8 Å². The minimum atomic E-state index is -0.0811. The van der Waals surface area contributed by atoms with Gasteiger partial charge in [0.05, 0.1) is 6.10 Å². The fourth-order valence-corrected chi connectivity index (χ4v) is 8.62. The van der Waals surface area contributed by atoms with E-state index >= 15 is 0 Å². The number of hydrogen-bond acceptors (Lipinski definition) is 1. The smallest absolute Gasteiger partial charge is 0.0577 e. The van der Waals surface area contributed by atoms with E-state index in [9.17, 15) is 5.11 Å². The lowest BCUT2D eigenvalue weighted by Crippen LogP contribution is -2.50. The molecule has 0 amide bonds. The summed E-state index contributed by atoms with van der Waals surface area (Å²) < 4.78 is 0. The van der Waals surface area contributed by atoms with Crippen molar-refractivity contribution >= 4 is 0 Å². The average molecular weight is 383 g/mol. The van der Waals surface area contributed by atoms with Gasteiger partial charge in [-0.1, -0.05) is 51.5 Å². The Kier molecular flexibility index (Phi) is 4.66. The van der Waals surface area contributed by atoms with Gasteiger partial charge in [-0.2, -0.15) is 0 Å². The Hall–Kier alpha value is -0.560. The lowest BCUT2D eigenvalue weighted by atomic mass is 9.47. The van der Waals surface area contributed by atoms with Gasteiger partial charge in [-0.3, -0.25) is 0 Å². The van der Waals surface area contributed by atoms with E-state index in [2.05, 4.69) is 45.9 Å². The van der Waals surface area contributed by atoms with Gasteiger partial charge in [0.15, 0.2) is 0 Å². The van der Waals surface area contributed by atoms with Crippen LogP contribution in [0.15, 0.2) is 23.8 Å². The molecule has 0 aromatic rings. The third-order valence-electron chi connectivity index (χ3n) is 10.6. The molecule has 0 bridgehead atoms. The van der Waals surface area contributed by atoms with Crippen LogP contribution in [0.3, 0.4) is 0 Å². The Morgan fingerprint density at radius 1 is 1.11 bits per heavy atom. The molecule has 5 aliphatic carbocycles. The van der Waals surface area contributed by atoms with E-state index < -0.39 is 0 Å². The van der Waals surface area contributed by atoms with Crippen LogP contribution in [0.4, 0.5) is 0 Å². The molecule has 4 fully saturated rings. The zero-order valence-corrected chi connectivity index (χ0v) is 18.7. The summed E-state index contributed by atoms with van der Waals surface area (Å²) in [5.74, 6) is 6.14. The predicted molar refractivity (Wildman–Crippen MR) is 117 cm³/mol. The molecule has 0 heterocycles. The van der Waals surface area contributed by atoms with Crippen LogP contribution in [0.1, 0.15) is 85.5 Å². The van der Waals surface area contributed by atoms with Gasteiger partial charge in [0.2, 0.25) is 0 Å². The molecular formula is C27H42O. The van der Waals surface area contributed by atoms with E-state index in [0.717, 1.165) is 54.3 Å². The van der Waals surface area contributed by atoms with Crippen molar-refractivity contribution in [3.8, 4) is 0 Å². The highest BCUT2D eigenvalue weighted by Crippen LogP contribution is 2.67. The zero-order chi connectivity index (χ0) is 19.7. The molecule has 0 radical (unpaired) electrons. The van der Waals surface area contributed by atoms with Crippen molar-refractivity contribution in [1.82, 2.24) is 0 Å². The number of hydrogen-bond donors (Lipinski definition) is 1. The van der Waals surface area contributed by atoms with Crippen molar-refractivity contribution in [1.29, 1.82) is 0 Å². The summed E-state index contributed by atoms with van der Waals surface area (Å²) in [6.45, 7) is 10.1. The van der Waals surface area contributed by atoms with E-state index in [0.29, 0.717) is 10.8 Å². The standard InChI is InChI=1S/C27H42O/c1-17(5-6-19-15-18(19)2)23-9-10-24-22-8-7-20-16-21(28)11-13-26(20,3)25(22)12-14-27(23,24)4/h5-7,17-19,21-25,28H,8-16H2,1-4H3/b6-5+/t17-,18?,19?,21?,22?,23?,24?,25?,26?,27?/m1/s1. The molecule has 0 aromatic carbocycles. The van der Waals surface area contributed by atoms with Crippen molar-refractivity contribution < 1.29 is 5.11 Å². The van der Waals surface area contributed by atoms with Gasteiger partial charge in [0.25, 0.3) is 0 Å². The summed E-state index contributed by atoms with van der Waals surface area (Å²) >= 11 is 0. The molecule has 156 valence electrons. The predicted octanol–water partition coefficient (Wildman–Crippen LogP) is 6.77. The molecule has 0 aliphatic heterocycles. The first-order valence-corrected chi connectivity index (χ1v) is 12.4. The maximum Gasteiger partial charge on any atom is 0.0577 e. The zero-order valence-electron chi connectivity index (χ0n) is 18.7. The molecule has 1 heteroatoms. The summed E-state index contributed by atoms with van der Waals surface area (Å²) in [6.07, 6.45) is 19.3. The average Bonchev–Trinajstić information content (AvgIpc) is 3.25. The quantitative estimate of drug-likeness (QED) is 0.534. The monoisotopic (exact) mass is 382 g/mol. The lowest BCUT2D eigenvalue weighted by molar-refractivity contribution is -0.0540. The van der Waals surface area contributed by atoms with E-state index in [4.69, 9.17) is 0 Å². The maximum atomic E-state index is 10.2. The van der Waals surface area contributed by atoms with Crippen LogP contribution in [0.5, 0.6) is 0 Å². The summed E-state index contributed by atoms with van der Waals surface area (Å²) in [4.78, 5) is 0. The molecule has 9 unspecified atom stereocenters. The normalized spacial score (nSPS) is 53.9. The van der Waals surface area contributed by atoms with E-state index in [1.54, 1.807) is 5.57 Å². The van der Waals surface area contributed by atoms with Gasteiger partial charge in [-0.15, -0.1) is 0 Å². The molecule has 5 aliphatic rings. The van der Waals surface area contributed by atoms with E-state index in [-0.39, 0.29) is 6.10 Å². The van der Waals surface area contributed by atoms with Gasteiger partial charge in [-0.05, 0) is 110 Å². The first-order chi connectivity index (χ1) is 13.3. The minimum Gasteiger partial charge on any atom is -0.393 e. The fraction of sp³-hybridized carbons (Fsp3) is 0.852. The molecule has 5 rings (SSSR count). The number of rotatable bonds is 3. The summed E-state index contributed by atoms with van der Waals surface area (Å²) in [5, 5.41) is 10.2. The van der Waals surface area contributed by atoms with Gasteiger partial charge in [0, 0.05) is 0 Å². The second kappa shape index (κ2) is 6.73. The number of aliphatic hydroxyl groups excluding tert-OH is 1. The number of fused-ring (bicyclic) bond motifs is 5. The Morgan fingerprint density at radius 3 is 2.64 bits per heavy atom.